The molecule has 1 saturated heterocycles. The monoisotopic (exact) mass is 456 g/mol. The number of rotatable bonds is 6. The lowest BCUT2D eigenvalue weighted by molar-refractivity contribution is -0.120. The van der Waals surface area contributed by atoms with E-state index in [2.05, 4.69) is 5.32 Å². The molecule has 0 atom stereocenters. The van der Waals surface area contributed by atoms with E-state index in [1.165, 1.54) is 27.8 Å². The molecular formula is C19H21ClN2O5S2. The van der Waals surface area contributed by atoms with Gasteiger partial charge >= 0.3 is 5.97 Å². The smallest absolute Gasteiger partial charge is 0.338 e. The van der Waals surface area contributed by atoms with Crippen molar-refractivity contribution in [1.82, 2.24) is 4.31 Å². The lowest BCUT2D eigenvalue weighted by atomic mass is 9.97. The van der Waals surface area contributed by atoms with Crippen LogP contribution in [0, 0.1) is 5.92 Å². The van der Waals surface area contributed by atoms with Crippen molar-refractivity contribution in [3.05, 3.63) is 46.3 Å². The fourth-order valence-electron chi connectivity index (χ4n) is 3.09. The molecule has 0 radical (unpaired) electrons. The van der Waals surface area contributed by atoms with Gasteiger partial charge in [-0.15, -0.1) is 11.3 Å². The second-order valence-electron chi connectivity index (χ2n) is 6.51. The molecule has 29 heavy (non-hydrogen) atoms. The summed E-state index contributed by atoms with van der Waals surface area (Å²) in [5.74, 6) is -1.01. The van der Waals surface area contributed by atoms with E-state index in [9.17, 15) is 18.0 Å². The number of amides is 1. The summed E-state index contributed by atoms with van der Waals surface area (Å²) in [7, 11) is -3.50. The average Bonchev–Trinajstić information content (AvgIpc) is 3.25. The Morgan fingerprint density at radius 2 is 2.00 bits per heavy atom. The molecule has 1 N–H and O–H groups in total. The zero-order chi connectivity index (χ0) is 21.0. The predicted octanol–water partition coefficient (Wildman–Crippen LogP) is 3.62. The van der Waals surface area contributed by atoms with E-state index in [1.54, 1.807) is 30.5 Å². The van der Waals surface area contributed by atoms with Crippen LogP contribution in [0.3, 0.4) is 0 Å². The van der Waals surface area contributed by atoms with Gasteiger partial charge in [-0.1, -0.05) is 17.7 Å². The standard InChI is InChI=1S/C19H21ClN2O5S2/c1-2-27-19(24)14-5-6-16(15(20)12-14)21-18(23)13-7-9-22(10-8-13)29(25,26)17-4-3-11-28-17/h3-6,11-13H,2,7-10H2,1H3,(H,21,23). The zero-order valence-electron chi connectivity index (χ0n) is 15.8. The molecule has 1 amide bonds. The number of ether oxygens (including phenoxy) is 1. The third-order valence-electron chi connectivity index (χ3n) is 4.65. The Bertz CT molecular complexity index is 984. The number of sulfonamides is 1. The largest absolute Gasteiger partial charge is 0.462 e. The number of nitrogens with zero attached hydrogens (tertiary/aromatic N) is 1. The maximum absolute atomic E-state index is 12.6. The molecule has 0 aliphatic carbocycles. The number of anilines is 1. The summed E-state index contributed by atoms with van der Waals surface area (Å²) < 4.78 is 31.8. The van der Waals surface area contributed by atoms with Gasteiger partial charge in [0.2, 0.25) is 5.91 Å². The summed E-state index contributed by atoms with van der Waals surface area (Å²) in [5.41, 5.74) is 0.709. The van der Waals surface area contributed by atoms with Gasteiger partial charge < -0.3 is 10.1 Å². The van der Waals surface area contributed by atoms with Crippen LogP contribution in [0.5, 0.6) is 0 Å². The number of carbonyl (C=O) groups excluding carboxylic acids is 2. The molecule has 7 nitrogen and oxygen atoms in total. The molecule has 0 unspecified atom stereocenters. The van der Waals surface area contributed by atoms with Gasteiger partial charge in [-0.2, -0.15) is 4.31 Å². The highest BCUT2D eigenvalue weighted by Gasteiger charge is 2.32. The molecular weight excluding hydrogens is 436 g/mol. The highest BCUT2D eigenvalue weighted by Crippen LogP contribution is 2.28. The minimum atomic E-state index is -3.50. The number of hydrogen-bond acceptors (Lipinski definition) is 6. The van der Waals surface area contributed by atoms with E-state index < -0.39 is 16.0 Å². The molecule has 10 heteroatoms. The minimum absolute atomic E-state index is 0.219. The third kappa shape index (κ3) is 4.98. The number of thiophene rings is 1. The number of benzene rings is 1. The molecule has 1 aliphatic heterocycles. The van der Waals surface area contributed by atoms with Crippen LogP contribution >= 0.6 is 22.9 Å². The van der Waals surface area contributed by atoms with E-state index in [0.29, 0.717) is 28.3 Å². The molecule has 0 bridgehead atoms. The molecule has 1 aromatic carbocycles. The van der Waals surface area contributed by atoms with Crippen molar-refractivity contribution < 1.29 is 22.7 Å². The molecule has 2 heterocycles. The summed E-state index contributed by atoms with van der Waals surface area (Å²) >= 11 is 7.37. The van der Waals surface area contributed by atoms with E-state index in [-0.39, 0.29) is 36.5 Å². The average molecular weight is 457 g/mol. The lowest BCUT2D eigenvalue weighted by Gasteiger charge is -2.30. The van der Waals surface area contributed by atoms with E-state index in [4.69, 9.17) is 16.3 Å². The third-order valence-corrected chi connectivity index (χ3v) is 8.24. The van der Waals surface area contributed by atoms with Crippen LogP contribution in [0.2, 0.25) is 5.02 Å². The molecule has 2 aromatic rings. The van der Waals surface area contributed by atoms with Gasteiger partial charge in [0.15, 0.2) is 0 Å². The molecule has 1 aliphatic rings. The van der Waals surface area contributed by atoms with Gasteiger partial charge in [-0.05, 0) is 49.4 Å². The topological polar surface area (TPSA) is 92.8 Å². The first-order valence-electron chi connectivity index (χ1n) is 9.14. The summed E-state index contributed by atoms with van der Waals surface area (Å²) in [4.78, 5) is 24.4. The summed E-state index contributed by atoms with van der Waals surface area (Å²) in [6.07, 6.45) is 0.851. The number of piperidine rings is 1. The Kier molecular flexibility index (Phi) is 6.94. The second kappa shape index (κ2) is 9.25. The van der Waals surface area contributed by atoms with E-state index in [1.807, 2.05) is 0 Å². The fraction of sp³-hybridized carbons (Fsp3) is 0.368. The Labute approximate surface area is 178 Å². The van der Waals surface area contributed by atoms with Crippen molar-refractivity contribution in [2.24, 2.45) is 5.92 Å². The summed E-state index contributed by atoms with van der Waals surface area (Å²) in [6.45, 7) is 2.54. The van der Waals surface area contributed by atoms with E-state index in [0.717, 1.165) is 0 Å². The second-order valence-corrected chi connectivity index (χ2v) is 10.0. The number of halogens is 1. The maximum atomic E-state index is 12.6. The van der Waals surface area contributed by atoms with Crippen LogP contribution in [0.25, 0.3) is 0 Å². The van der Waals surface area contributed by atoms with Gasteiger partial charge in [-0.25, -0.2) is 13.2 Å². The fourth-order valence-corrected chi connectivity index (χ4v) is 5.93. The highest BCUT2D eigenvalue weighted by molar-refractivity contribution is 7.91. The van der Waals surface area contributed by atoms with Crippen molar-refractivity contribution in [2.75, 3.05) is 25.0 Å². The van der Waals surface area contributed by atoms with Crippen LogP contribution in [0.1, 0.15) is 30.1 Å². The highest BCUT2D eigenvalue weighted by atomic mass is 35.5. The molecule has 1 aromatic heterocycles. The zero-order valence-corrected chi connectivity index (χ0v) is 18.1. The van der Waals surface area contributed by atoms with Crippen LogP contribution in [-0.4, -0.2) is 44.3 Å². The van der Waals surface area contributed by atoms with E-state index >= 15 is 0 Å². The Morgan fingerprint density at radius 3 is 2.59 bits per heavy atom. The van der Waals surface area contributed by atoms with Crippen LogP contribution in [0.15, 0.2) is 39.9 Å². The lowest BCUT2D eigenvalue weighted by Crippen LogP contribution is -2.41. The number of esters is 1. The SMILES string of the molecule is CCOC(=O)c1ccc(NC(=O)C2CCN(S(=O)(=O)c3cccs3)CC2)c(Cl)c1. The van der Waals surface area contributed by atoms with Crippen molar-refractivity contribution in [3.8, 4) is 0 Å². The van der Waals surface area contributed by atoms with Crippen LogP contribution in [-0.2, 0) is 19.6 Å². The van der Waals surface area contributed by atoms with Gasteiger partial charge in [0.1, 0.15) is 4.21 Å². The first-order chi connectivity index (χ1) is 13.8. The summed E-state index contributed by atoms with van der Waals surface area (Å²) in [6, 6.07) is 7.83. The van der Waals surface area contributed by atoms with Crippen molar-refractivity contribution in [3.63, 3.8) is 0 Å². The first kappa shape index (κ1) is 21.8. The number of carbonyl (C=O) groups is 2. The Hall–Kier alpha value is -1.94. The molecule has 156 valence electrons. The first-order valence-corrected chi connectivity index (χ1v) is 11.8. The summed E-state index contributed by atoms with van der Waals surface area (Å²) in [5, 5.41) is 4.73. The van der Waals surface area contributed by atoms with Crippen LogP contribution < -0.4 is 5.32 Å². The van der Waals surface area contributed by atoms with Gasteiger partial charge in [0.25, 0.3) is 10.0 Å². The Morgan fingerprint density at radius 1 is 1.28 bits per heavy atom. The normalized spacial score (nSPS) is 15.8. The molecule has 1 fully saturated rings. The van der Waals surface area contributed by atoms with Gasteiger partial charge in [0, 0.05) is 19.0 Å². The minimum Gasteiger partial charge on any atom is -0.462 e. The maximum Gasteiger partial charge on any atom is 0.338 e. The van der Waals surface area contributed by atoms with Crippen molar-refractivity contribution in [1.29, 1.82) is 0 Å². The number of nitrogens with one attached hydrogen (secondary N) is 1. The molecule has 3 rings (SSSR count). The van der Waals surface area contributed by atoms with Crippen LogP contribution in [0.4, 0.5) is 5.69 Å². The van der Waals surface area contributed by atoms with Crippen molar-refractivity contribution in [2.45, 2.75) is 24.0 Å². The molecule has 0 spiro atoms. The quantitative estimate of drug-likeness (QED) is 0.670. The predicted molar refractivity (Wildman–Crippen MR) is 112 cm³/mol. The van der Waals surface area contributed by atoms with Crippen molar-refractivity contribution >= 4 is 50.5 Å². The Balaban J connectivity index is 1.59. The van der Waals surface area contributed by atoms with Gasteiger partial charge in [-0.3, -0.25) is 4.79 Å². The molecule has 0 saturated carbocycles. The van der Waals surface area contributed by atoms with Gasteiger partial charge in [0.05, 0.1) is 22.9 Å². The number of hydrogen-bond donors (Lipinski definition) is 1.